The normalized spacial score (nSPS) is 13.0. The van der Waals surface area contributed by atoms with E-state index in [2.05, 4.69) is 0 Å². The van der Waals surface area contributed by atoms with Gasteiger partial charge in [0.15, 0.2) is 6.10 Å². The second kappa shape index (κ2) is 7.27. The second-order valence-electron chi connectivity index (χ2n) is 5.06. The molecule has 0 aromatic rings. The van der Waals surface area contributed by atoms with Crippen LogP contribution in [-0.4, -0.2) is 56.8 Å². The Hall–Kier alpha value is -1.10. The first-order chi connectivity index (χ1) is 7.76. The van der Waals surface area contributed by atoms with Gasteiger partial charge in [-0.05, 0) is 13.3 Å². The molecular weight excluding hydrogens is 222 g/mol. The lowest BCUT2D eigenvalue weighted by atomic mass is 10.3. The van der Waals surface area contributed by atoms with Gasteiger partial charge in [-0.2, -0.15) is 0 Å². The monoisotopic (exact) mass is 246 g/mol. The highest BCUT2D eigenvalue weighted by atomic mass is 16.6. The van der Waals surface area contributed by atoms with E-state index in [1.165, 1.54) is 6.92 Å². The van der Waals surface area contributed by atoms with Crippen LogP contribution in [0.3, 0.4) is 0 Å². The molecule has 17 heavy (non-hydrogen) atoms. The van der Waals surface area contributed by atoms with Crippen molar-refractivity contribution in [3.05, 3.63) is 0 Å². The molecule has 0 saturated carbocycles. The Morgan fingerprint density at radius 1 is 1.24 bits per heavy atom. The predicted molar refractivity (Wildman–Crippen MR) is 64.3 cm³/mol. The quantitative estimate of drug-likeness (QED) is 0.496. The van der Waals surface area contributed by atoms with Crippen LogP contribution in [-0.2, 0) is 19.1 Å². The maximum Gasteiger partial charge on any atom is 0.347 e. The molecule has 100 valence electrons. The molecule has 0 saturated heterocycles. The number of rotatable bonds is 7. The molecule has 1 atom stereocenters. The molecule has 1 unspecified atom stereocenters. The highest BCUT2D eigenvalue weighted by molar-refractivity contribution is 5.78. The minimum atomic E-state index is -0.818. The van der Waals surface area contributed by atoms with Gasteiger partial charge in [-0.1, -0.05) is 6.92 Å². The van der Waals surface area contributed by atoms with Crippen molar-refractivity contribution < 1.29 is 23.5 Å². The maximum atomic E-state index is 11.5. The van der Waals surface area contributed by atoms with Crippen LogP contribution >= 0.6 is 0 Å². The van der Waals surface area contributed by atoms with Gasteiger partial charge in [0, 0.05) is 6.42 Å². The number of hydrogen-bond donors (Lipinski definition) is 0. The number of quaternary nitrogens is 1. The van der Waals surface area contributed by atoms with Gasteiger partial charge >= 0.3 is 11.9 Å². The molecule has 0 aromatic carbocycles. The number of carbonyl (C=O) groups is 2. The van der Waals surface area contributed by atoms with Crippen molar-refractivity contribution in [2.45, 2.75) is 32.8 Å². The van der Waals surface area contributed by atoms with Crippen molar-refractivity contribution >= 4 is 11.9 Å². The summed E-state index contributed by atoms with van der Waals surface area (Å²) in [4.78, 5) is 22.6. The van der Waals surface area contributed by atoms with Gasteiger partial charge in [0.25, 0.3) is 0 Å². The van der Waals surface area contributed by atoms with Gasteiger partial charge in [0.05, 0.1) is 21.1 Å². The average molecular weight is 246 g/mol. The first kappa shape index (κ1) is 15.9. The van der Waals surface area contributed by atoms with Crippen LogP contribution in [0.1, 0.15) is 26.7 Å². The average Bonchev–Trinajstić information content (AvgIpc) is 2.15. The molecule has 0 aromatic heterocycles. The number of nitrogens with zero attached hydrogens (tertiary/aromatic N) is 1. The SMILES string of the molecule is CCCC(=O)OC(C)C(=O)OCC[N+](C)(C)C. The molecule has 5 heteroatoms. The maximum absolute atomic E-state index is 11.5. The Kier molecular flexibility index (Phi) is 6.80. The van der Waals surface area contributed by atoms with Crippen LogP contribution in [0.15, 0.2) is 0 Å². The fourth-order valence-corrected chi connectivity index (χ4v) is 1.05. The van der Waals surface area contributed by atoms with E-state index in [1.54, 1.807) is 0 Å². The van der Waals surface area contributed by atoms with E-state index in [0.717, 1.165) is 11.0 Å². The Balaban J connectivity index is 3.86. The summed E-state index contributed by atoms with van der Waals surface area (Å²) < 4.78 is 10.7. The molecule has 0 aliphatic rings. The smallest absolute Gasteiger partial charge is 0.347 e. The highest BCUT2D eigenvalue weighted by Gasteiger charge is 2.19. The summed E-state index contributed by atoms with van der Waals surface area (Å²) in [6.07, 6.45) is 0.222. The van der Waals surface area contributed by atoms with E-state index in [9.17, 15) is 9.59 Å². The van der Waals surface area contributed by atoms with Gasteiger partial charge < -0.3 is 14.0 Å². The standard InChI is InChI=1S/C12H24NO4/c1-6-7-11(14)17-10(2)12(15)16-9-8-13(3,4)5/h10H,6-9H2,1-5H3/q+1. The van der Waals surface area contributed by atoms with E-state index >= 15 is 0 Å². The van der Waals surface area contributed by atoms with Crippen molar-refractivity contribution in [3.8, 4) is 0 Å². The lowest BCUT2D eigenvalue weighted by Crippen LogP contribution is -2.39. The lowest BCUT2D eigenvalue weighted by Gasteiger charge is -2.23. The van der Waals surface area contributed by atoms with E-state index in [-0.39, 0.29) is 5.97 Å². The Labute approximate surface area is 103 Å². The minimum absolute atomic E-state index is 0.330. The molecule has 0 heterocycles. The first-order valence-electron chi connectivity index (χ1n) is 5.93. The first-order valence-corrected chi connectivity index (χ1v) is 5.93. The fraction of sp³-hybridized carbons (Fsp3) is 0.833. The molecule has 0 bridgehead atoms. The number of likely N-dealkylation sites (N-methyl/N-ethyl adjacent to an activating group) is 1. The molecule has 0 N–H and O–H groups in total. The van der Waals surface area contributed by atoms with Crippen molar-refractivity contribution in [3.63, 3.8) is 0 Å². The molecule has 0 radical (unpaired) electrons. The number of carbonyl (C=O) groups excluding carboxylic acids is 2. The summed E-state index contributed by atoms with van der Waals surface area (Å²) in [5.74, 6) is -0.841. The Morgan fingerprint density at radius 3 is 2.29 bits per heavy atom. The van der Waals surface area contributed by atoms with Crippen molar-refractivity contribution in [1.29, 1.82) is 0 Å². The van der Waals surface area contributed by atoms with Crippen LogP contribution in [0.2, 0.25) is 0 Å². The van der Waals surface area contributed by atoms with E-state index in [1.807, 2.05) is 28.1 Å². The van der Waals surface area contributed by atoms with Crippen molar-refractivity contribution in [1.82, 2.24) is 0 Å². The minimum Gasteiger partial charge on any atom is -0.457 e. The molecule has 0 spiro atoms. The van der Waals surface area contributed by atoms with Crippen LogP contribution in [0, 0.1) is 0 Å². The summed E-state index contributed by atoms with van der Waals surface area (Å²) >= 11 is 0. The molecule has 5 nitrogen and oxygen atoms in total. The Bertz CT molecular complexity index is 258. The topological polar surface area (TPSA) is 52.6 Å². The van der Waals surface area contributed by atoms with Gasteiger partial charge in [0.2, 0.25) is 0 Å². The molecule has 0 fully saturated rings. The molecule has 0 amide bonds. The predicted octanol–water partition coefficient (Wildman–Crippen LogP) is 0.968. The summed E-state index contributed by atoms with van der Waals surface area (Å²) in [5, 5.41) is 0. The van der Waals surface area contributed by atoms with Crippen LogP contribution in [0.25, 0.3) is 0 Å². The third kappa shape index (κ3) is 8.68. The Morgan fingerprint density at radius 2 is 1.82 bits per heavy atom. The zero-order valence-corrected chi connectivity index (χ0v) is 11.5. The summed E-state index contributed by atoms with van der Waals surface area (Å²) in [5.41, 5.74) is 0. The van der Waals surface area contributed by atoms with Crippen LogP contribution in [0.5, 0.6) is 0 Å². The zero-order chi connectivity index (χ0) is 13.5. The van der Waals surface area contributed by atoms with Gasteiger partial charge in [-0.3, -0.25) is 4.79 Å². The van der Waals surface area contributed by atoms with E-state index < -0.39 is 12.1 Å². The van der Waals surface area contributed by atoms with Crippen molar-refractivity contribution in [2.75, 3.05) is 34.3 Å². The number of ether oxygens (including phenoxy) is 2. The van der Waals surface area contributed by atoms with Gasteiger partial charge in [-0.15, -0.1) is 0 Å². The largest absolute Gasteiger partial charge is 0.457 e. The summed E-state index contributed by atoms with van der Waals surface area (Å²) in [6, 6.07) is 0. The third-order valence-corrected chi connectivity index (χ3v) is 2.10. The lowest BCUT2D eigenvalue weighted by molar-refractivity contribution is -0.870. The van der Waals surface area contributed by atoms with Gasteiger partial charge in [0.1, 0.15) is 13.2 Å². The summed E-state index contributed by atoms with van der Waals surface area (Å²) in [6.45, 7) is 4.46. The molecule has 0 aliphatic heterocycles. The molecular formula is C12H24NO4+. The van der Waals surface area contributed by atoms with E-state index in [0.29, 0.717) is 19.4 Å². The van der Waals surface area contributed by atoms with Gasteiger partial charge in [-0.25, -0.2) is 4.79 Å². The van der Waals surface area contributed by atoms with Crippen LogP contribution in [0.4, 0.5) is 0 Å². The second-order valence-corrected chi connectivity index (χ2v) is 5.06. The zero-order valence-electron chi connectivity index (χ0n) is 11.5. The van der Waals surface area contributed by atoms with Crippen molar-refractivity contribution in [2.24, 2.45) is 0 Å². The third-order valence-electron chi connectivity index (χ3n) is 2.10. The van der Waals surface area contributed by atoms with E-state index in [4.69, 9.17) is 9.47 Å². The molecule has 0 rings (SSSR count). The van der Waals surface area contributed by atoms with Crippen LogP contribution < -0.4 is 0 Å². The number of esters is 2. The molecule has 0 aliphatic carbocycles. The summed E-state index contributed by atoms with van der Waals surface area (Å²) in [7, 11) is 6.04. The highest BCUT2D eigenvalue weighted by Crippen LogP contribution is 2.00. The number of hydrogen-bond acceptors (Lipinski definition) is 4. The fourth-order valence-electron chi connectivity index (χ4n) is 1.05.